The Balaban J connectivity index is 1.53. The van der Waals surface area contributed by atoms with Gasteiger partial charge in [-0.25, -0.2) is 5.43 Å². The van der Waals surface area contributed by atoms with Crippen LogP contribution in [-0.2, 0) is 10.2 Å². The largest absolute Gasteiger partial charge is 0.272 e. The second kappa shape index (κ2) is 11.1. The van der Waals surface area contributed by atoms with Crippen LogP contribution in [-0.4, -0.2) is 32.1 Å². The molecule has 0 atom stereocenters. The molecule has 3 aromatic carbocycles. The summed E-state index contributed by atoms with van der Waals surface area (Å²) in [5.74, 6) is 0.638. The van der Waals surface area contributed by atoms with Crippen molar-refractivity contribution in [2.45, 2.75) is 38.3 Å². The molecule has 4 aromatic rings. The van der Waals surface area contributed by atoms with Gasteiger partial charge in [-0.05, 0) is 47.7 Å². The number of nitrogens with zero attached hydrogens (tertiary/aromatic N) is 4. The molecular formula is C28H28ClN5OS. The normalized spacial score (nSPS) is 12.0. The van der Waals surface area contributed by atoms with Crippen LogP contribution in [0, 0.1) is 0 Å². The van der Waals surface area contributed by atoms with Crippen LogP contribution in [0.25, 0.3) is 17.1 Å². The number of aromatic nitrogens is 3. The highest BCUT2D eigenvalue weighted by Gasteiger charge is 2.19. The Morgan fingerprint density at radius 1 is 0.972 bits per heavy atom. The zero-order valence-electron chi connectivity index (χ0n) is 20.7. The topological polar surface area (TPSA) is 72.2 Å². The van der Waals surface area contributed by atoms with Crippen molar-refractivity contribution in [2.75, 3.05) is 5.75 Å². The number of hydrogen-bond donors (Lipinski definition) is 1. The Labute approximate surface area is 220 Å². The number of amides is 1. The lowest BCUT2D eigenvalue weighted by atomic mass is 9.87. The van der Waals surface area contributed by atoms with E-state index in [4.69, 9.17) is 11.6 Å². The molecule has 0 radical (unpaired) electrons. The Kier molecular flexibility index (Phi) is 7.91. The summed E-state index contributed by atoms with van der Waals surface area (Å²) >= 11 is 7.25. The van der Waals surface area contributed by atoms with Gasteiger partial charge in [-0.1, -0.05) is 98.7 Å². The van der Waals surface area contributed by atoms with Crippen LogP contribution < -0.4 is 5.43 Å². The van der Waals surface area contributed by atoms with E-state index >= 15 is 0 Å². The standard InChI is InChI=1S/C28H28ClN5OS/c1-19(20-12-16-23(29)17-13-20)30-31-25(35)18-36-27-33-32-26(34(27)24-8-6-5-7-9-24)21-10-14-22(15-11-21)28(2,3)4/h5-17H,18H2,1-4H3,(H,31,35)/b30-19+. The zero-order valence-corrected chi connectivity index (χ0v) is 22.3. The highest BCUT2D eigenvalue weighted by molar-refractivity contribution is 7.99. The van der Waals surface area contributed by atoms with Crippen molar-refractivity contribution in [3.8, 4) is 17.1 Å². The third kappa shape index (κ3) is 6.22. The highest BCUT2D eigenvalue weighted by Crippen LogP contribution is 2.30. The molecule has 1 heterocycles. The lowest BCUT2D eigenvalue weighted by Crippen LogP contribution is -2.21. The maximum absolute atomic E-state index is 12.5. The third-order valence-electron chi connectivity index (χ3n) is 5.60. The predicted molar refractivity (Wildman–Crippen MR) is 148 cm³/mol. The quantitative estimate of drug-likeness (QED) is 0.172. The van der Waals surface area contributed by atoms with Crippen molar-refractivity contribution >= 4 is 35.0 Å². The van der Waals surface area contributed by atoms with Gasteiger partial charge in [0, 0.05) is 16.3 Å². The van der Waals surface area contributed by atoms with Gasteiger partial charge in [0.15, 0.2) is 11.0 Å². The van der Waals surface area contributed by atoms with E-state index in [-0.39, 0.29) is 17.1 Å². The Hall–Kier alpha value is -3.42. The van der Waals surface area contributed by atoms with E-state index < -0.39 is 0 Å². The Morgan fingerprint density at radius 3 is 2.28 bits per heavy atom. The van der Waals surface area contributed by atoms with E-state index in [1.165, 1.54) is 17.3 Å². The molecule has 1 N–H and O–H groups in total. The molecule has 0 unspecified atom stereocenters. The van der Waals surface area contributed by atoms with Crippen LogP contribution in [0.2, 0.25) is 5.02 Å². The number of nitrogens with one attached hydrogen (secondary N) is 1. The van der Waals surface area contributed by atoms with Gasteiger partial charge >= 0.3 is 0 Å². The first kappa shape index (κ1) is 25.7. The summed E-state index contributed by atoms with van der Waals surface area (Å²) in [5, 5.41) is 14.4. The fourth-order valence-corrected chi connectivity index (χ4v) is 4.41. The van der Waals surface area contributed by atoms with Crippen LogP contribution in [0.4, 0.5) is 0 Å². The maximum atomic E-state index is 12.5. The first-order chi connectivity index (χ1) is 17.2. The van der Waals surface area contributed by atoms with Crippen LogP contribution in [0.1, 0.15) is 38.8 Å². The first-order valence-corrected chi connectivity index (χ1v) is 12.9. The van der Waals surface area contributed by atoms with Gasteiger partial charge in [-0.2, -0.15) is 5.10 Å². The van der Waals surface area contributed by atoms with Gasteiger partial charge in [0.25, 0.3) is 5.91 Å². The number of hydrazone groups is 1. The van der Waals surface area contributed by atoms with Gasteiger partial charge in [0.1, 0.15) is 0 Å². The van der Waals surface area contributed by atoms with Crippen molar-refractivity contribution in [3.05, 3.63) is 95.0 Å². The average Bonchev–Trinajstić information content (AvgIpc) is 3.30. The summed E-state index contributed by atoms with van der Waals surface area (Å²) in [6.07, 6.45) is 0. The molecule has 0 aliphatic carbocycles. The monoisotopic (exact) mass is 517 g/mol. The molecule has 8 heteroatoms. The summed E-state index contributed by atoms with van der Waals surface area (Å²) in [6, 6.07) is 25.6. The lowest BCUT2D eigenvalue weighted by Gasteiger charge is -2.19. The van der Waals surface area contributed by atoms with Crippen LogP contribution in [0.3, 0.4) is 0 Å². The van der Waals surface area contributed by atoms with Crippen molar-refractivity contribution in [1.29, 1.82) is 0 Å². The molecule has 0 aliphatic heterocycles. The molecule has 184 valence electrons. The molecule has 0 saturated carbocycles. The summed E-state index contributed by atoms with van der Waals surface area (Å²) in [5.41, 5.74) is 7.40. The highest BCUT2D eigenvalue weighted by atomic mass is 35.5. The zero-order chi connectivity index (χ0) is 25.7. The van der Waals surface area contributed by atoms with Gasteiger partial charge < -0.3 is 0 Å². The van der Waals surface area contributed by atoms with E-state index in [0.717, 1.165) is 22.6 Å². The maximum Gasteiger partial charge on any atom is 0.250 e. The summed E-state index contributed by atoms with van der Waals surface area (Å²) in [7, 11) is 0. The number of benzene rings is 3. The number of rotatable bonds is 7. The number of para-hydroxylation sites is 1. The van der Waals surface area contributed by atoms with Crippen LogP contribution in [0.15, 0.2) is 89.1 Å². The fourth-order valence-electron chi connectivity index (χ4n) is 3.54. The van der Waals surface area contributed by atoms with Crippen molar-refractivity contribution in [1.82, 2.24) is 20.2 Å². The third-order valence-corrected chi connectivity index (χ3v) is 6.78. The Morgan fingerprint density at radius 2 is 1.64 bits per heavy atom. The lowest BCUT2D eigenvalue weighted by molar-refractivity contribution is -0.118. The molecule has 6 nitrogen and oxygen atoms in total. The van der Waals surface area contributed by atoms with Crippen molar-refractivity contribution < 1.29 is 4.79 Å². The van der Waals surface area contributed by atoms with Crippen molar-refractivity contribution in [2.24, 2.45) is 5.10 Å². The Bertz CT molecular complexity index is 1360. The molecule has 1 amide bonds. The van der Waals surface area contributed by atoms with Gasteiger partial charge in [0.05, 0.1) is 11.5 Å². The SMILES string of the molecule is C/C(=N\NC(=O)CSc1nnc(-c2ccc(C(C)(C)C)cc2)n1-c1ccccc1)c1ccc(Cl)cc1. The number of thioether (sulfide) groups is 1. The molecule has 1 aromatic heterocycles. The van der Waals surface area contributed by atoms with Gasteiger partial charge in [-0.3, -0.25) is 9.36 Å². The first-order valence-electron chi connectivity index (χ1n) is 11.6. The van der Waals surface area contributed by atoms with E-state index in [9.17, 15) is 4.79 Å². The van der Waals surface area contributed by atoms with Gasteiger partial charge in [-0.15, -0.1) is 10.2 Å². The van der Waals surface area contributed by atoms with Crippen LogP contribution in [0.5, 0.6) is 0 Å². The molecule has 0 aliphatic rings. The minimum Gasteiger partial charge on any atom is -0.272 e. The number of halogens is 1. The summed E-state index contributed by atoms with van der Waals surface area (Å²) in [6.45, 7) is 8.40. The predicted octanol–water partition coefficient (Wildman–Crippen LogP) is 6.52. The van der Waals surface area contributed by atoms with Crippen LogP contribution >= 0.6 is 23.4 Å². The minimum absolute atomic E-state index is 0.0639. The van der Waals surface area contributed by atoms with Crippen molar-refractivity contribution in [3.63, 3.8) is 0 Å². The number of hydrogen-bond acceptors (Lipinski definition) is 5. The number of carbonyl (C=O) groups excluding carboxylic acids is 1. The van der Waals surface area contributed by atoms with E-state index in [2.05, 4.69) is 65.8 Å². The van der Waals surface area contributed by atoms with E-state index in [1.807, 2.05) is 54.0 Å². The molecule has 0 saturated heterocycles. The molecule has 0 fully saturated rings. The summed E-state index contributed by atoms with van der Waals surface area (Å²) < 4.78 is 1.98. The molecule has 0 spiro atoms. The smallest absolute Gasteiger partial charge is 0.250 e. The second-order valence-corrected chi connectivity index (χ2v) is 10.7. The minimum atomic E-state index is -0.230. The van der Waals surface area contributed by atoms with E-state index in [1.54, 1.807) is 12.1 Å². The average molecular weight is 518 g/mol. The fraction of sp³-hybridized carbons (Fsp3) is 0.214. The second-order valence-electron chi connectivity index (χ2n) is 9.33. The molecule has 36 heavy (non-hydrogen) atoms. The molecule has 0 bridgehead atoms. The van der Waals surface area contributed by atoms with Gasteiger partial charge in [0.2, 0.25) is 0 Å². The summed E-state index contributed by atoms with van der Waals surface area (Å²) in [4.78, 5) is 12.5. The molecule has 4 rings (SSSR count). The number of carbonyl (C=O) groups is 1. The van der Waals surface area contributed by atoms with E-state index in [0.29, 0.717) is 15.9 Å². The molecular weight excluding hydrogens is 490 g/mol.